The number of amides is 1. The zero-order chi connectivity index (χ0) is 22.8. The van der Waals surface area contributed by atoms with Crippen molar-refractivity contribution in [2.24, 2.45) is 0 Å². The van der Waals surface area contributed by atoms with Crippen molar-refractivity contribution >= 4 is 44.9 Å². The molecule has 33 heavy (non-hydrogen) atoms. The third-order valence-corrected chi connectivity index (χ3v) is 6.40. The van der Waals surface area contributed by atoms with Gasteiger partial charge in [-0.25, -0.2) is 4.98 Å². The molecule has 0 aliphatic carbocycles. The van der Waals surface area contributed by atoms with Crippen LogP contribution < -0.4 is 10.9 Å². The Hall–Kier alpha value is -3.88. The van der Waals surface area contributed by atoms with Crippen LogP contribution in [0.25, 0.3) is 20.7 Å². The average Bonchev–Trinajstić information content (AvgIpc) is 3.30. The first kappa shape index (κ1) is 21.0. The molecule has 0 atom stereocenters. The largest absolute Gasteiger partial charge is 0.326 e. The number of thiophene rings is 1. The lowest BCUT2D eigenvalue weighted by molar-refractivity contribution is 0.102. The number of nitrogens with zero attached hydrogens (tertiary/aromatic N) is 4. The summed E-state index contributed by atoms with van der Waals surface area (Å²) < 4.78 is 2.52. The van der Waals surface area contributed by atoms with Gasteiger partial charge < -0.3 is 9.88 Å². The molecular formula is C24H16ClN5O2S. The topological polar surface area (TPSA) is 89.8 Å². The molecule has 4 aromatic heterocycles. The van der Waals surface area contributed by atoms with Gasteiger partial charge in [-0.1, -0.05) is 29.8 Å². The zero-order valence-electron chi connectivity index (χ0n) is 17.1. The van der Waals surface area contributed by atoms with E-state index in [0.29, 0.717) is 27.8 Å². The highest BCUT2D eigenvalue weighted by Crippen LogP contribution is 2.32. The highest BCUT2D eigenvalue weighted by atomic mass is 35.5. The predicted molar refractivity (Wildman–Crippen MR) is 130 cm³/mol. The molecule has 1 aromatic carbocycles. The SMILES string of the molecule is O=C(Nc1ccc(-c2cc3c(s2)c(=O)ncn3Cc2ccc(Cl)cc2)cn1)c1ccccn1. The van der Waals surface area contributed by atoms with Gasteiger partial charge in [-0.3, -0.25) is 14.6 Å². The lowest BCUT2D eigenvalue weighted by atomic mass is 10.2. The molecule has 162 valence electrons. The van der Waals surface area contributed by atoms with Crippen LogP contribution in [0.2, 0.25) is 5.02 Å². The second-order valence-electron chi connectivity index (χ2n) is 7.23. The highest BCUT2D eigenvalue weighted by Gasteiger charge is 2.13. The van der Waals surface area contributed by atoms with Crippen molar-refractivity contribution in [1.82, 2.24) is 19.5 Å². The number of anilines is 1. The van der Waals surface area contributed by atoms with E-state index in [4.69, 9.17) is 11.6 Å². The Morgan fingerprint density at radius 1 is 1.03 bits per heavy atom. The predicted octanol–water partition coefficient (Wildman–Crippen LogP) is 4.87. The number of halogens is 1. The van der Waals surface area contributed by atoms with Gasteiger partial charge in [0.25, 0.3) is 11.5 Å². The lowest BCUT2D eigenvalue weighted by Crippen LogP contribution is -2.14. The molecular weight excluding hydrogens is 458 g/mol. The number of fused-ring (bicyclic) bond motifs is 1. The second-order valence-corrected chi connectivity index (χ2v) is 8.72. The van der Waals surface area contributed by atoms with Gasteiger partial charge in [0.1, 0.15) is 16.2 Å². The summed E-state index contributed by atoms with van der Waals surface area (Å²) in [4.78, 5) is 37.9. The molecule has 0 aliphatic rings. The lowest BCUT2D eigenvalue weighted by Gasteiger charge is -2.07. The highest BCUT2D eigenvalue weighted by molar-refractivity contribution is 7.22. The van der Waals surface area contributed by atoms with Gasteiger partial charge in [0, 0.05) is 34.4 Å². The van der Waals surface area contributed by atoms with E-state index in [9.17, 15) is 9.59 Å². The van der Waals surface area contributed by atoms with Gasteiger partial charge in [0.2, 0.25) is 0 Å². The smallest absolute Gasteiger partial charge is 0.290 e. The molecule has 1 N–H and O–H groups in total. The molecule has 5 rings (SSSR count). The van der Waals surface area contributed by atoms with E-state index in [1.54, 1.807) is 43.0 Å². The van der Waals surface area contributed by atoms with Crippen LogP contribution in [0, 0.1) is 0 Å². The maximum atomic E-state index is 12.4. The Morgan fingerprint density at radius 3 is 2.61 bits per heavy atom. The molecule has 9 heteroatoms. The number of carbonyl (C=O) groups excluding carboxylic acids is 1. The minimum absolute atomic E-state index is 0.263. The Labute approximate surface area is 197 Å². The summed E-state index contributed by atoms with van der Waals surface area (Å²) in [7, 11) is 0. The van der Waals surface area contributed by atoms with Crippen LogP contribution >= 0.6 is 22.9 Å². The van der Waals surface area contributed by atoms with Crippen LogP contribution in [0.15, 0.2) is 84.2 Å². The van der Waals surface area contributed by atoms with E-state index in [2.05, 4.69) is 20.3 Å². The fourth-order valence-corrected chi connectivity index (χ4v) is 4.51. The van der Waals surface area contributed by atoms with Gasteiger partial charge in [0.05, 0.1) is 11.8 Å². The first-order chi connectivity index (χ1) is 16.1. The monoisotopic (exact) mass is 473 g/mol. The summed E-state index contributed by atoms with van der Waals surface area (Å²) >= 11 is 7.35. The molecule has 0 radical (unpaired) electrons. The zero-order valence-corrected chi connectivity index (χ0v) is 18.7. The third-order valence-electron chi connectivity index (χ3n) is 4.98. The summed E-state index contributed by atoms with van der Waals surface area (Å²) in [5.41, 5.74) is 2.74. The Kier molecular flexibility index (Phi) is 5.68. The van der Waals surface area contributed by atoms with Crippen LogP contribution in [-0.4, -0.2) is 25.4 Å². The number of rotatable bonds is 5. The van der Waals surface area contributed by atoms with Crippen molar-refractivity contribution in [3.8, 4) is 10.4 Å². The average molecular weight is 474 g/mol. The molecule has 0 saturated carbocycles. The number of aromatic nitrogens is 4. The van der Waals surface area contributed by atoms with Gasteiger partial charge in [0.15, 0.2) is 0 Å². The van der Waals surface area contributed by atoms with Crippen LogP contribution in [0.5, 0.6) is 0 Å². The summed E-state index contributed by atoms with van der Waals surface area (Å²) in [5.74, 6) is 0.0857. The van der Waals surface area contributed by atoms with Crippen molar-refractivity contribution in [2.75, 3.05) is 5.32 Å². The van der Waals surface area contributed by atoms with Crippen molar-refractivity contribution in [3.63, 3.8) is 0 Å². The van der Waals surface area contributed by atoms with Crippen molar-refractivity contribution in [3.05, 3.63) is 106 Å². The summed E-state index contributed by atoms with van der Waals surface area (Å²) in [6.45, 7) is 0.563. The maximum absolute atomic E-state index is 12.4. The van der Waals surface area contributed by atoms with Crippen LogP contribution in [0.1, 0.15) is 16.1 Å². The number of carbonyl (C=O) groups is 1. The van der Waals surface area contributed by atoms with Crippen molar-refractivity contribution < 1.29 is 4.79 Å². The first-order valence-electron chi connectivity index (χ1n) is 9.99. The second kappa shape index (κ2) is 8.93. The van der Waals surface area contributed by atoms with E-state index in [0.717, 1.165) is 21.5 Å². The van der Waals surface area contributed by atoms with E-state index in [-0.39, 0.29) is 11.5 Å². The van der Waals surface area contributed by atoms with Crippen molar-refractivity contribution in [1.29, 1.82) is 0 Å². The van der Waals surface area contributed by atoms with Gasteiger partial charge in [-0.2, -0.15) is 4.98 Å². The third kappa shape index (κ3) is 4.52. The number of pyridine rings is 2. The first-order valence-corrected chi connectivity index (χ1v) is 11.2. The standard InChI is InChI=1S/C24H16ClN5O2S/c25-17-7-4-15(5-8-17)13-30-14-28-24(32)22-19(30)11-20(33-22)16-6-9-21(27-12-16)29-23(31)18-3-1-2-10-26-18/h1-12,14H,13H2,(H,27,29,31). The molecule has 4 heterocycles. The van der Waals surface area contributed by atoms with E-state index >= 15 is 0 Å². The molecule has 0 aliphatic heterocycles. The molecule has 0 unspecified atom stereocenters. The minimum atomic E-state index is -0.331. The minimum Gasteiger partial charge on any atom is -0.326 e. The summed E-state index contributed by atoms with van der Waals surface area (Å²) in [6.07, 6.45) is 4.79. The molecule has 1 amide bonds. The molecule has 7 nitrogen and oxygen atoms in total. The van der Waals surface area contributed by atoms with Gasteiger partial charge in [-0.15, -0.1) is 11.3 Å². The summed E-state index contributed by atoms with van der Waals surface area (Å²) in [6, 6.07) is 18.2. The number of hydrogen-bond acceptors (Lipinski definition) is 6. The van der Waals surface area contributed by atoms with E-state index in [1.807, 2.05) is 41.0 Å². The van der Waals surface area contributed by atoms with Crippen LogP contribution in [0.4, 0.5) is 5.82 Å². The Morgan fingerprint density at radius 2 is 1.88 bits per heavy atom. The normalized spacial score (nSPS) is 10.9. The summed E-state index contributed by atoms with van der Waals surface area (Å²) in [5, 5.41) is 3.40. The molecule has 0 spiro atoms. The molecule has 0 bridgehead atoms. The molecule has 0 saturated heterocycles. The van der Waals surface area contributed by atoms with Crippen LogP contribution in [0.3, 0.4) is 0 Å². The van der Waals surface area contributed by atoms with E-state index < -0.39 is 0 Å². The fraction of sp³-hybridized carbons (Fsp3) is 0.0417. The number of nitrogens with one attached hydrogen (secondary N) is 1. The fourth-order valence-electron chi connectivity index (χ4n) is 3.34. The van der Waals surface area contributed by atoms with E-state index in [1.165, 1.54) is 11.3 Å². The molecule has 0 fully saturated rings. The van der Waals surface area contributed by atoms with Crippen LogP contribution in [-0.2, 0) is 6.54 Å². The van der Waals surface area contributed by atoms with Crippen molar-refractivity contribution in [2.45, 2.75) is 6.54 Å². The molecule has 5 aromatic rings. The maximum Gasteiger partial charge on any atom is 0.290 e. The van der Waals surface area contributed by atoms with Gasteiger partial charge >= 0.3 is 0 Å². The van der Waals surface area contributed by atoms with Gasteiger partial charge in [-0.05, 0) is 48.0 Å². The Balaban J connectivity index is 1.41. The number of hydrogen-bond donors (Lipinski definition) is 1. The number of benzene rings is 1. The Bertz CT molecular complexity index is 1500. The quantitative estimate of drug-likeness (QED) is 0.393.